The molecule has 39 heavy (non-hydrogen) atoms. The fourth-order valence-corrected chi connectivity index (χ4v) is 4.17. The zero-order chi connectivity index (χ0) is 27.3. The minimum absolute atomic E-state index is 0. The van der Waals surface area contributed by atoms with Gasteiger partial charge in [0, 0.05) is 11.6 Å². The highest BCUT2D eigenvalue weighted by atomic mass is 35.5. The number of fused-ring (bicyclic) bond motifs is 1. The van der Waals surface area contributed by atoms with Crippen LogP contribution in [-0.2, 0) is 29.9 Å². The van der Waals surface area contributed by atoms with Crippen LogP contribution in [0.2, 0.25) is 0 Å². The summed E-state index contributed by atoms with van der Waals surface area (Å²) in [5.41, 5.74) is 4.02. The molecule has 0 amide bonds. The molecule has 4 aromatic rings. The first-order chi connectivity index (χ1) is 18.2. The molecule has 0 spiro atoms. The highest BCUT2D eigenvalue weighted by Gasteiger charge is 2.19. The Bertz CT molecular complexity index is 1450. The van der Waals surface area contributed by atoms with E-state index in [9.17, 15) is 4.79 Å². The second kappa shape index (κ2) is 13.0. The fraction of sp³-hybridized carbons (Fsp3) is 0.400. The van der Waals surface area contributed by atoms with Crippen LogP contribution in [0.1, 0.15) is 74.5 Å². The van der Waals surface area contributed by atoms with Crippen LogP contribution in [-0.4, -0.2) is 31.3 Å². The van der Waals surface area contributed by atoms with Gasteiger partial charge in [0.15, 0.2) is 11.4 Å². The number of Topliss-reactive ketones (excluding diaryl/α,β-unsaturated/α-hetero) is 1. The van der Waals surface area contributed by atoms with Gasteiger partial charge in [-0.3, -0.25) is 10.2 Å². The first-order valence-electron chi connectivity index (χ1n) is 13.2. The predicted octanol–water partition coefficient (Wildman–Crippen LogP) is 5.90. The standard InChI is InChI=1S/C30H37N5O3.ClH/c1-6-25(7-2)38-28-14-13-27-32-34(29(31)35(27)33-28)18-26(36)23-15-22(16-24(17-23)30(3,4)5)20-37-19-21-11-9-8-10-12-21;/h8-17,25,31H,6-7,18-20H2,1-5H3;1H. The van der Waals surface area contributed by atoms with Gasteiger partial charge >= 0.3 is 0 Å². The zero-order valence-electron chi connectivity index (χ0n) is 23.3. The Morgan fingerprint density at radius 2 is 1.64 bits per heavy atom. The highest BCUT2D eigenvalue weighted by molar-refractivity contribution is 5.96. The third-order valence-electron chi connectivity index (χ3n) is 6.51. The highest BCUT2D eigenvalue weighted by Crippen LogP contribution is 2.25. The van der Waals surface area contributed by atoms with Gasteiger partial charge in [-0.15, -0.1) is 22.6 Å². The minimum Gasteiger partial charge on any atom is -0.473 e. The van der Waals surface area contributed by atoms with E-state index in [4.69, 9.17) is 14.9 Å². The van der Waals surface area contributed by atoms with E-state index in [0.29, 0.717) is 30.3 Å². The molecule has 2 aromatic carbocycles. The van der Waals surface area contributed by atoms with E-state index in [2.05, 4.69) is 50.9 Å². The van der Waals surface area contributed by atoms with Gasteiger partial charge in [0.05, 0.1) is 19.3 Å². The topological polar surface area (TPSA) is 94.5 Å². The van der Waals surface area contributed by atoms with Crippen molar-refractivity contribution < 1.29 is 14.3 Å². The summed E-state index contributed by atoms with van der Waals surface area (Å²) in [5, 5.41) is 17.4. The number of hydrogen-bond donors (Lipinski definition) is 1. The Labute approximate surface area is 235 Å². The summed E-state index contributed by atoms with van der Waals surface area (Å²) in [7, 11) is 0. The lowest BCUT2D eigenvalue weighted by Gasteiger charge is -2.21. The number of hydrogen-bond acceptors (Lipinski definition) is 6. The number of nitrogens with zero attached hydrogens (tertiary/aromatic N) is 4. The number of halogens is 1. The van der Waals surface area contributed by atoms with Crippen LogP contribution in [0, 0.1) is 5.41 Å². The lowest BCUT2D eigenvalue weighted by molar-refractivity contribution is 0.0963. The van der Waals surface area contributed by atoms with Gasteiger partial charge < -0.3 is 9.47 Å². The molecule has 8 nitrogen and oxygen atoms in total. The average Bonchev–Trinajstić information content (AvgIpc) is 3.21. The van der Waals surface area contributed by atoms with Crippen LogP contribution < -0.4 is 10.4 Å². The maximum absolute atomic E-state index is 13.4. The van der Waals surface area contributed by atoms with Crippen LogP contribution in [0.25, 0.3) is 5.65 Å². The summed E-state index contributed by atoms with van der Waals surface area (Å²) < 4.78 is 14.7. The molecule has 0 saturated heterocycles. The van der Waals surface area contributed by atoms with E-state index in [-0.39, 0.29) is 41.9 Å². The van der Waals surface area contributed by atoms with Gasteiger partial charge in [-0.25, -0.2) is 4.68 Å². The molecule has 0 aliphatic rings. The Morgan fingerprint density at radius 1 is 0.949 bits per heavy atom. The van der Waals surface area contributed by atoms with E-state index in [0.717, 1.165) is 29.5 Å². The molecule has 208 valence electrons. The van der Waals surface area contributed by atoms with Crippen molar-refractivity contribution in [1.29, 1.82) is 5.41 Å². The molecule has 0 unspecified atom stereocenters. The van der Waals surface area contributed by atoms with Gasteiger partial charge in [-0.1, -0.05) is 71.0 Å². The predicted molar refractivity (Wildman–Crippen MR) is 153 cm³/mol. The molecular weight excluding hydrogens is 514 g/mol. The van der Waals surface area contributed by atoms with E-state index >= 15 is 0 Å². The Balaban J connectivity index is 0.00000420. The van der Waals surface area contributed by atoms with Gasteiger partial charge in [0.2, 0.25) is 11.5 Å². The zero-order valence-corrected chi connectivity index (χ0v) is 24.1. The third-order valence-corrected chi connectivity index (χ3v) is 6.51. The van der Waals surface area contributed by atoms with Gasteiger partial charge in [-0.05, 0) is 53.1 Å². The number of nitrogens with one attached hydrogen (secondary N) is 1. The SMILES string of the molecule is CCC(CC)Oc1ccc2nn(CC(=O)c3cc(COCc4ccccc4)cc(C(C)(C)C)c3)c(=N)n2n1.Cl. The van der Waals surface area contributed by atoms with Crippen molar-refractivity contribution in [2.45, 2.75) is 78.7 Å². The number of carbonyl (C=O) groups is 1. The summed E-state index contributed by atoms with van der Waals surface area (Å²) in [5.74, 6) is 0.310. The maximum Gasteiger partial charge on any atom is 0.242 e. The fourth-order valence-electron chi connectivity index (χ4n) is 4.17. The van der Waals surface area contributed by atoms with Crippen LogP contribution in [0.4, 0.5) is 0 Å². The van der Waals surface area contributed by atoms with E-state index in [1.165, 1.54) is 9.20 Å². The largest absolute Gasteiger partial charge is 0.473 e. The Hall–Kier alpha value is -3.49. The second-order valence-electron chi connectivity index (χ2n) is 10.5. The van der Waals surface area contributed by atoms with Gasteiger partial charge in [0.25, 0.3) is 0 Å². The molecule has 4 rings (SSSR count). The van der Waals surface area contributed by atoms with Crippen LogP contribution in [0.15, 0.2) is 60.7 Å². The second-order valence-corrected chi connectivity index (χ2v) is 10.5. The summed E-state index contributed by atoms with van der Waals surface area (Å²) in [6, 6.07) is 19.4. The van der Waals surface area contributed by atoms with Crippen molar-refractivity contribution >= 4 is 23.8 Å². The molecule has 0 atom stereocenters. The minimum atomic E-state index is -0.142. The number of ether oxygens (including phenoxy) is 2. The van der Waals surface area contributed by atoms with Crippen molar-refractivity contribution in [2.75, 3.05) is 0 Å². The quantitative estimate of drug-likeness (QED) is 0.234. The van der Waals surface area contributed by atoms with Crippen molar-refractivity contribution in [3.05, 3.63) is 88.5 Å². The molecular formula is C30H38ClN5O3. The first-order valence-corrected chi connectivity index (χ1v) is 13.2. The van der Waals surface area contributed by atoms with Crippen LogP contribution >= 0.6 is 12.4 Å². The summed E-state index contributed by atoms with van der Waals surface area (Å²) in [6.45, 7) is 11.3. The molecule has 0 fully saturated rings. The van der Waals surface area contributed by atoms with E-state index < -0.39 is 0 Å². The number of aromatic nitrogens is 4. The van der Waals surface area contributed by atoms with Crippen molar-refractivity contribution in [1.82, 2.24) is 19.4 Å². The smallest absolute Gasteiger partial charge is 0.242 e. The maximum atomic E-state index is 13.4. The lowest BCUT2D eigenvalue weighted by Crippen LogP contribution is -2.27. The summed E-state index contributed by atoms with van der Waals surface area (Å²) >= 11 is 0. The number of ketones is 1. The first kappa shape index (κ1) is 30.1. The Morgan fingerprint density at radius 3 is 2.31 bits per heavy atom. The van der Waals surface area contributed by atoms with Crippen LogP contribution in [0.5, 0.6) is 5.88 Å². The average molecular weight is 552 g/mol. The molecule has 1 N–H and O–H groups in total. The van der Waals surface area contributed by atoms with Crippen LogP contribution in [0.3, 0.4) is 0 Å². The molecule has 0 aliphatic carbocycles. The molecule has 0 aliphatic heterocycles. The Kier molecular flexibility index (Phi) is 10.1. The van der Waals surface area contributed by atoms with Crippen molar-refractivity contribution in [3.63, 3.8) is 0 Å². The molecule has 2 heterocycles. The summed E-state index contributed by atoms with van der Waals surface area (Å²) in [6.07, 6.45) is 1.80. The van der Waals surface area contributed by atoms with Crippen molar-refractivity contribution in [2.24, 2.45) is 0 Å². The number of benzene rings is 2. The lowest BCUT2D eigenvalue weighted by atomic mass is 9.84. The van der Waals surface area contributed by atoms with E-state index in [1.54, 1.807) is 12.1 Å². The third kappa shape index (κ3) is 7.55. The molecule has 2 aromatic heterocycles. The van der Waals surface area contributed by atoms with E-state index in [1.807, 2.05) is 42.5 Å². The molecule has 0 radical (unpaired) electrons. The monoisotopic (exact) mass is 551 g/mol. The normalized spacial score (nSPS) is 11.5. The number of carbonyl (C=O) groups excluding carboxylic acids is 1. The molecule has 0 saturated carbocycles. The summed E-state index contributed by atoms with van der Waals surface area (Å²) in [4.78, 5) is 13.4. The number of rotatable bonds is 11. The molecule has 0 bridgehead atoms. The van der Waals surface area contributed by atoms with Crippen molar-refractivity contribution in [3.8, 4) is 5.88 Å². The van der Waals surface area contributed by atoms with Gasteiger partial charge in [0.1, 0.15) is 6.54 Å². The molecule has 9 heteroatoms. The van der Waals surface area contributed by atoms with Gasteiger partial charge in [-0.2, -0.15) is 4.52 Å².